The van der Waals surface area contributed by atoms with E-state index in [-0.39, 0.29) is 0 Å². The average molecular weight is 227 g/mol. The summed E-state index contributed by atoms with van der Waals surface area (Å²) in [5.74, 6) is 0.748. The van der Waals surface area contributed by atoms with E-state index in [9.17, 15) is 4.57 Å². The predicted molar refractivity (Wildman–Crippen MR) is 66.2 cm³/mol. The molecule has 0 fully saturated rings. The molecular weight excluding hydrogens is 209 g/mol. The van der Waals surface area contributed by atoms with Crippen LogP contribution in [0, 0.1) is 0 Å². The molecule has 1 aromatic carbocycles. The predicted octanol–water partition coefficient (Wildman–Crippen LogP) is 2.38. The van der Waals surface area contributed by atoms with Crippen molar-refractivity contribution in [3.05, 3.63) is 18.2 Å². The number of hydrogen-bond donors (Lipinski definition) is 1. The maximum atomic E-state index is 11.9. The summed E-state index contributed by atoms with van der Waals surface area (Å²) in [6, 6.07) is 5.65. The van der Waals surface area contributed by atoms with Crippen LogP contribution in [0.5, 0.6) is 5.75 Å². The zero-order valence-corrected chi connectivity index (χ0v) is 10.6. The summed E-state index contributed by atoms with van der Waals surface area (Å²) >= 11 is 0. The van der Waals surface area contributed by atoms with Crippen molar-refractivity contribution >= 4 is 18.1 Å². The van der Waals surface area contributed by atoms with E-state index in [2.05, 4.69) is 5.32 Å². The third kappa shape index (κ3) is 3.00. The third-order valence-electron chi connectivity index (χ3n) is 2.17. The Morgan fingerprint density at radius 3 is 2.53 bits per heavy atom. The lowest BCUT2D eigenvalue weighted by Gasteiger charge is -2.13. The SMILES string of the molecule is CCNc1ccc(P(C)(C)=O)cc1OC. The summed E-state index contributed by atoms with van der Waals surface area (Å²) in [6.45, 7) is 6.38. The summed E-state index contributed by atoms with van der Waals surface area (Å²) in [5, 5.41) is 4.04. The second-order valence-corrected chi connectivity index (χ2v) is 6.98. The lowest BCUT2D eigenvalue weighted by molar-refractivity contribution is 0.417. The fraction of sp³-hybridized carbons (Fsp3) is 0.455. The molecule has 0 atom stereocenters. The minimum absolute atomic E-state index is 0.748. The fourth-order valence-electron chi connectivity index (χ4n) is 1.35. The number of ether oxygens (including phenoxy) is 1. The minimum Gasteiger partial charge on any atom is -0.495 e. The molecule has 0 heterocycles. The molecule has 15 heavy (non-hydrogen) atoms. The summed E-state index contributed by atoms with van der Waals surface area (Å²) in [6.07, 6.45) is 0. The molecule has 0 aliphatic carbocycles. The average Bonchev–Trinajstić information content (AvgIpc) is 2.17. The van der Waals surface area contributed by atoms with Crippen molar-refractivity contribution in [2.75, 3.05) is 32.3 Å². The Kier molecular flexibility index (Phi) is 3.81. The normalized spacial score (nSPS) is 11.2. The van der Waals surface area contributed by atoms with E-state index >= 15 is 0 Å². The van der Waals surface area contributed by atoms with E-state index < -0.39 is 7.14 Å². The lowest BCUT2D eigenvalue weighted by Crippen LogP contribution is -2.06. The van der Waals surface area contributed by atoms with Gasteiger partial charge in [0, 0.05) is 11.8 Å². The third-order valence-corrected chi connectivity index (χ3v) is 3.70. The molecular formula is C11H18NO2P. The highest BCUT2D eigenvalue weighted by atomic mass is 31.2. The van der Waals surface area contributed by atoms with Gasteiger partial charge in [-0.15, -0.1) is 0 Å². The van der Waals surface area contributed by atoms with E-state index in [1.807, 2.05) is 25.1 Å². The van der Waals surface area contributed by atoms with Crippen molar-refractivity contribution in [2.45, 2.75) is 6.92 Å². The molecule has 1 N–H and O–H groups in total. The van der Waals surface area contributed by atoms with Gasteiger partial charge in [-0.25, -0.2) is 0 Å². The molecule has 0 bridgehead atoms. The quantitative estimate of drug-likeness (QED) is 0.802. The maximum absolute atomic E-state index is 11.9. The fourth-order valence-corrected chi connectivity index (χ4v) is 2.21. The molecule has 0 saturated carbocycles. The van der Waals surface area contributed by atoms with Crippen LogP contribution in [0.25, 0.3) is 0 Å². The molecule has 4 heteroatoms. The topological polar surface area (TPSA) is 38.3 Å². The van der Waals surface area contributed by atoms with Crippen LogP contribution in [0.4, 0.5) is 5.69 Å². The summed E-state index contributed by atoms with van der Waals surface area (Å²) in [4.78, 5) is 0. The molecule has 0 radical (unpaired) electrons. The van der Waals surface area contributed by atoms with Crippen LogP contribution in [-0.2, 0) is 4.57 Å². The van der Waals surface area contributed by atoms with Gasteiger partial charge in [-0.2, -0.15) is 0 Å². The molecule has 0 aliphatic rings. The van der Waals surface area contributed by atoms with E-state index in [4.69, 9.17) is 4.74 Å². The molecule has 3 nitrogen and oxygen atoms in total. The largest absolute Gasteiger partial charge is 0.495 e. The Morgan fingerprint density at radius 1 is 1.40 bits per heavy atom. The van der Waals surface area contributed by atoms with E-state index in [1.165, 1.54) is 0 Å². The standard InChI is InChI=1S/C11H18NO2P/c1-5-12-10-7-6-9(15(3,4)13)8-11(10)14-2/h6-8,12H,5H2,1-4H3. The Balaban J connectivity index is 3.13. The van der Waals surface area contributed by atoms with Crippen LogP contribution < -0.4 is 15.4 Å². The smallest absolute Gasteiger partial charge is 0.142 e. The van der Waals surface area contributed by atoms with Crippen molar-refractivity contribution in [1.82, 2.24) is 0 Å². The van der Waals surface area contributed by atoms with Gasteiger partial charge in [0.05, 0.1) is 12.8 Å². The lowest BCUT2D eigenvalue weighted by atomic mass is 10.3. The van der Waals surface area contributed by atoms with Gasteiger partial charge in [-0.3, -0.25) is 0 Å². The summed E-state index contributed by atoms with van der Waals surface area (Å²) < 4.78 is 17.1. The second-order valence-electron chi connectivity index (χ2n) is 3.77. The Hall–Kier alpha value is -0.950. The van der Waals surface area contributed by atoms with Crippen LogP contribution in [0.15, 0.2) is 18.2 Å². The molecule has 0 aromatic heterocycles. The highest BCUT2D eigenvalue weighted by Gasteiger charge is 2.13. The van der Waals surface area contributed by atoms with Gasteiger partial charge in [0.2, 0.25) is 0 Å². The van der Waals surface area contributed by atoms with E-state index in [1.54, 1.807) is 20.4 Å². The molecule has 0 saturated heterocycles. The van der Waals surface area contributed by atoms with Gasteiger partial charge in [-0.05, 0) is 38.5 Å². The van der Waals surface area contributed by atoms with Gasteiger partial charge >= 0.3 is 0 Å². The first-order chi connectivity index (χ1) is 6.99. The van der Waals surface area contributed by atoms with Crippen LogP contribution in [-0.4, -0.2) is 27.0 Å². The Bertz CT molecular complexity index is 384. The van der Waals surface area contributed by atoms with Crippen LogP contribution in [0.2, 0.25) is 0 Å². The van der Waals surface area contributed by atoms with Gasteiger partial charge in [0.1, 0.15) is 12.9 Å². The molecule has 1 aromatic rings. The van der Waals surface area contributed by atoms with Crippen molar-refractivity contribution < 1.29 is 9.30 Å². The van der Waals surface area contributed by atoms with Gasteiger partial charge < -0.3 is 14.6 Å². The minimum atomic E-state index is -2.20. The number of anilines is 1. The van der Waals surface area contributed by atoms with Gasteiger partial charge in [-0.1, -0.05) is 0 Å². The first kappa shape index (κ1) is 12.1. The number of nitrogens with one attached hydrogen (secondary N) is 1. The molecule has 0 spiro atoms. The summed E-state index contributed by atoms with van der Waals surface area (Å²) in [7, 11) is -0.584. The Morgan fingerprint density at radius 2 is 2.07 bits per heavy atom. The van der Waals surface area contributed by atoms with Crippen molar-refractivity contribution in [3.8, 4) is 5.75 Å². The van der Waals surface area contributed by atoms with Crippen LogP contribution in [0.1, 0.15) is 6.92 Å². The van der Waals surface area contributed by atoms with E-state index in [0.717, 1.165) is 23.3 Å². The monoisotopic (exact) mass is 227 g/mol. The van der Waals surface area contributed by atoms with Crippen LogP contribution >= 0.6 is 7.14 Å². The highest BCUT2D eigenvalue weighted by molar-refractivity contribution is 7.70. The first-order valence-electron chi connectivity index (χ1n) is 4.96. The molecule has 0 amide bonds. The number of benzene rings is 1. The number of rotatable bonds is 4. The van der Waals surface area contributed by atoms with Crippen molar-refractivity contribution in [3.63, 3.8) is 0 Å². The number of hydrogen-bond acceptors (Lipinski definition) is 3. The van der Waals surface area contributed by atoms with Gasteiger partial charge in [0.15, 0.2) is 0 Å². The second kappa shape index (κ2) is 4.71. The van der Waals surface area contributed by atoms with Crippen molar-refractivity contribution in [2.24, 2.45) is 0 Å². The first-order valence-corrected chi connectivity index (χ1v) is 7.56. The molecule has 0 aliphatic heterocycles. The zero-order valence-electron chi connectivity index (χ0n) is 9.70. The maximum Gasteiger partial charge on any atom is 0.142 e. The molecule has 0 unspecified atom stereocenters. The van der Waals surface area contributed by atoms with Crippen LogP contribution in [0.3, 0.4) is 0 Å². The van der Waals surface area contributed by atoms with Gasteiger partial charge in [0.25, 0.3) is 0 Å². The summed E-state index contributed by atoms with van der Waals surface area (Å²) in [5.41, 5.74) is 0.942. The van der Waals surface area contributed by atoms with Crippen molar-refractivity contribution in [1.29, 1.82) is 0 Å². The van der Waals surface area contributed by atoms with E-state index in [0.29, 0.717) is 0 Å². The zero-order chi connectivity index (χ0) is 11.5. The highest BCUT2D eigenvalue weighted by Crippen LogP contribution is 2.37. The Labute approximate surface area is 91.2 Å². The molecule has 84 valence electrons. The molecule has 1 rings (SSSR count). The number of methoxy groups -OCH3 is 1.